The summed E-state index contributed by atoms with van der Waals surface area (Å²) in [6.07, 6.45) is 0. The van der Waals surface area contributed by atoms with Gasteiger partial charge < -0.3 is 14.2 Å². The van der Waals surface area contributed by atoms with Crippen molar-refractivity contribution in [3.05, 3.63) is 264 Å². The molecule has 0 saturated heterocycles. The van der Waals surface area contributed by atoms with Crippen molar-refractivity contribution < 1.29 is 4.42 Å². The molecule has 0 amide bonds. The molecule has 69 heavy (non-hydrogen) atoms. The van der Waals surface area contributed by atoms with Crippen molar-refractivity contribution in [2.45, 2.75) is 11.1 Å². The topological polar surface area (TPSA) is 19.6 Å². The number of hydrogen-bond acceptors (Lipinski definition) is 5. The van der Waals surface area contributed by atoms with E-state index in [1.54, 1.807) is 0 Å². The van der Waals surface area contributed by atoms with Gasteiger partial charge in [0.2, 0.25) is 0 Å². The number of anilines is 4. The van der Waals surface area contributed by atoms with Crippen LogP contribution in [0.2, 0.25) is 0 Å². The number of thiophene rings is 2. The predicted octanol–water partition coefficient (Wildman–Crippen LogP) is 17.7. The summed E-state index contributed by atoms with van der Waals surface area (Å²) in [6.45, 7) is 0. The zero-order valence-corrected chi connectivity index (χ0v) is 38.7. The van der Waals surface area contributed by atoms with Gasteiger partial charge in [0.25, 0.3) is 0 Å². The van der Waals surface area contributed by atoms with E-state index in [-0.39, 0.29) is 0 Å². The van der Waals surface area contributed by atoms with Crippen LogP contribution in [-0.4, -0.2) is 0 Å². The maximum absolute atomic E-state index is 6.58. The van der Waals surface area contributed by atoms with E-state index in [9.17, 15) is 0 Å². The SMILES string of the molecule is c1ccc(N(c2ccc3oc4ccccc4c3c2)C2(N(c3ccccc3)c3ccc4sc5ccccc5c4c3)c3cccc4c3C3(c5ccccc5-4)c4c(cccc42)-c2sc4ccccc4c23)cc1. The van der Waals surface area contributed by atoms with Gasteiger partial charge in [-0.1, -0.05) is 152 Å². The summed E-state index contributed by atoms with van der Waals surface area (Å²) >= 11 is 3.81. The van der Waals surface area contributed by atoms with Gasteiger partial charge in [-0.25, -0.2) is 0 Å². The van der Waals surface area contributed by atoms with Crippen LogP contribution in [0.1, 0.15) is 33.4 Å². The Morgan fingerprint density at radius 3 is 1.59 bits per heavy atom. The third kappa shape index (κ3) is 4.71. The van der Waals surface area contributed by atoms with Crippen molar-refractivity contribution in [1.29, 1.82) is 0 Å². The first-order chi connectivity index (χ1) is 34.2. The molecule has 2 atom stereocenters. The number of fused-ring (bicyclic) bond motifs is 12. The van der Waals surface area contributed by atoms with Crippen LogP contribution >= 0.6 is 22.7 Å². The van der Waals surface area contributed by atoms with E-state index in [4.69, 9.17) is 4.42 Å². The maximum Gasteiger partial charge on any atom is 0.175 e. The minimum Gasteiger partial charge on any atom is -0.456 e. The molecule has 0 aliphatic heterocycles. The number of hydrogen-bond donors (Lipinski definition) is 0. The Labute approximate surface area is 406 Å². The molecule has 10 aromatic carbocycles. The van der Waals surface area contributed by atoms with Crippen LogP contribution in [0.25, 0.3) is 73.8 Å². The molecule has 0 bridgehead atoms. The Morgan fingerprint density at radius 2 is 0.841 bits per heavy atom. The van der Waals surface area contributed by atoms with Crippen LogP contribution < -0.4 is 9.80 Å². The molecule has 3 nitrogen and oxygen atoms in total. The normalized spacial score (nSPS) is 17.1. The van der Waals surface area contributed by atoms with Crippen molar-refractivity contribution >= 4 is 97.6 Å². The Hall–Kier alpha value is -8.22. The van der Waals surface area contributed by atoms with Crippen molar-refractivity contribution in [3.63, 3.8) is 0 Å². The molecular weight excluding hydrogens is 877 g/mol. The molecule has 16 rings (SSSR count). The van der Waals surface area contributed by atoms with Crippen molar-refractivity contribution in [2.24, 2.45) is 0 Å². The first-order valence-corrected chi connectivity index (χ1v) is 25.3. The van der Waals surface area contributed by atoms with Crippen molar-refractivity contribution in [3.8, 4) is 21.6 Å². The molecule has 1 spiro atoms. The predicted molar refractivity (Wildman–Crippen MR) is 289 cm³/mol. The summed E-state index contributed by atoms with van der Waals surface area (Å²) in [5.74, 6) is 0. The van der Waals surface area contributed by atoms with Crippen LogP contribution in [-0.2, 0) is 11.1 Å². The standard InChI is InChI=1S/C64H38N2OS2/c1-3-17-39(18-4-1)65(41-33-35-55-49(37-41)44-22-8-12-30-54(44)67-55)64(66(40-19-5-2-6-20-40)42-34-36-58-50(38-42)45-23-9-13-31-56(45)68-58)52-28-15-25-46-43-21-7-11-27-51(43)63(59(46)52)60-48(26-16-29-53(60)64)62-61(63)47-24-10-14-32-57(47)69-62/h1-38H. The van der Waals surface area contributed by atoms with Crippen LogP contribution in [0.4, 0.5) is 22.7 Å². The lowest BCUT2D eigenvalue weighted by Gasteiger charge is -2.58. The second-order valence-corrected chi connectivity index (χ2v) is 20.8. The number of benzene rings is 10. The van der Waals surface area contributed by atoms with Crippen molar-refractivity contribution in [1.82, 2.24) is 0 Å². The molecule has 0 N–H and O–H groups in total. The lowest BCUT2D eigenvalue weighted by molar-refractivity contribution is 0.494. The summed E-state index contributed by atoms with van der Waals surface area (Å²) in [5.41, 5.74) is 16.3. The second kappa shape index (κ2) is 13.7. The molecule has 2 unspecified atom stereocenters. The van der Waals surface area contributed by atoms with Gasteiger partial charge in [-0.05, 0) is 123 Å². The van der Waals surface area contributed by atoms with Gasteiger partial charge in [0.15, 0.2) is 5.66 Å². The average molecular weight is 915 g/mol. The van der Waals surface area contributed by atoms with Crippen LogP contribution in [0.5, 0.6) is 0 Å². The summed E-state index contributed by atoms with van der Waals surface area (Å²) in [4.78, 5) is 6.71. The van der Waals surface area contributed by atoms with E-state index in [0.717, 1.165) is 44.7 Å². The lowest BCUT2D eigenvalue weighted by Crippen LogP contribution is -2.60. The fourth-order valence-corrected chi connectivity index (χ4v) is 15.3. The number of nitrogens with zero attached hydrogens (tertiary/aromatic N) is 2. The molecule has 3 heterocycles. The Bertz CT molecular complexity index is 4140. The minimum absolute atomic E-state index is 0.574. The molecule has 0 radical (unpaired) electrons. The minimum atomic E-state index is -1.05. The largest absolute Gasteiger partial charge is 0.456 e. The molecule has 13 aromatic rings. The molecule has 0 saturated carbocycles. The van der Waals surface area contributed by atoms with Gasteiger partial charge in [-0.3, -0.25) is 0 Å². The van der Waals surface area contributed by atoms with E-state index in [2.05, 4.69) is 240 Å². The fourth-order valence-electron chi connectivity index (χ4n) is 13.0. The fraction of sp³-hybridized carbons (Fsp3) is 0.0312. The second-order valence-electron chi connectivity index (χ2n) is 18.6. The smallest absolute Gasteiger partial charge is 0.175 e. The van der Waals surface area contributed by atoms with Crippen LogP contribution in [0, 0.1) is 0 Å². The maximum atomic E-state index is 6.58. The van der Waals surface area contributed by atoms with Crippen LogP contribution in [0.15, 0.2) is 235 Å². The van der Waals surface area contributed by atoms with E-state index in [1.807, 2.05) is 22.7 Å². The van der Waals surface area contributed by atoms with Gasteiger partial charge in [0.05, 0.1) is 5.41 Å². The number of furan rings is 1. The van der Waals surface area contributed by atoms with Gasteiger partial charge in [0, 0.05) is 74.4 Å². The molecular formula is C64H38N2OS2. The highest BCUT2D eigenvalue weighted by Gasteiger charge is 2.65. The summed E-state index contributed by atoms with van der Waals surface area (Å²) in [5, 5.41) is 6.04. The van der Waals surface area contributed by atoms with Crippen LogP contribution in [0.3, 0.4) is 0 Å². The first kappa shape index (κ1) is 37.8. The molecule has 3 aromatic heterocycles. The molecule has 3 aliphatic carbocycles. The third-order valence-electron chi connectivity index (χ3n) is 15.4. The first-order valence-electron chi connectivity index (χ1n) is 23.7. The van der Waals surface area contributed by atoms with E-state index in [0.29, 0.717) is 0 Å². The number of rotatable bonds is 6. The summed E-state index contributed by atoms with van der Waals surface area (Å²) < 4.78 is 10.5. The van der Waals surface area contributed by atoms with E-state index >= 15 is 0 Å². The van der Waals surface area contributed by atoms with Gasteiger partial charge in [0.1, 0.15) is 11.2 Å². The van der Waals surface area contributed by atoms with Gasteiger partial charge >= 0.3 is 0 Å². The molecule has 5 heteroatoms. The summed E-state index contributed by atoms with van der Waals surface area (Å²) in [6, 6.07) is 86.4. The van der Waals surface area contributed by atoms with Crippen molar-refractivity contribution in [2.75, 3.05) is 9.80 Å². The highest BCUT2D eigenvalue weighted by atomic mass is 32.1. The van der Waals surface area contributed by atoms with E-state index in [1.165, 1.54) is 85.2 Å². The average Bonchev–Trinajstić information content (AvgIpc) is 4.22. The lowest BCUT2D eigenvalue weighted by atomic mass is 9.60. The Balaban J connectivity index is 1.14. The third-order valence-corrected chi connectivity index (χ3v) is 17.7. The molecule has 322 valence electrons. The summed E-state index contributed by atoms with van der Waals surface area (Å²) in [7, 11) is 0. The zero-order chi connectivity index (χ0) is 45.0. The molecule has 3 aliphatic rings. The highest BCUT2D eigenvalue weighted by molar-refractivity contribution is 7.25. The zero-order valence-electron chi connectivity index (χ0n) is 37.1. The molecule has 0 fully saturated rings. The number of para-hydroxylation sites is 3. The van der Waals surface area contributed by atoms with Gasteiger partial charge in [-0.15, -0.1) is 22.7 Å². The Kier molecular flexibility index (Phi) is 7.51. The highest BCUT2D eigenvalue weighted by Crippen LogP contribution is 2.73. The quantitative estimate of drug-likeness (QED) is 0.155. The van der Waals surface area contributed by atoms with Gasteiger partial charge in [-0.2, -0.15) is 0 Å². The van der Waals surface area contributed by atoms with E-state index < -0.39 is 11.1 Å². The Morgan fingerprint density at radius 1 is 0.319 bits per heavy atom. The monoisotopic (exact) mass is 914 g/mol.